The first kappa shape index (κ1) is 15.1. The molecule has 0 saturated carbocycles. The zero-order chi connectivity index (χ0) is 15.4. The number of rotatable bonds is 4. The Morgan fingerprint density at radius 3 is 2.90 bits per heavy atom. The Hall–Kier alpha value is -2.34. The van der Waals surface area contributed by atoms with E-state index in [1.54, 1.807) is 26.0 Å². The second-order valence-electron chi connectivity index (χ2n) is 4.57. The van der Waals surface area contributed by atoms with Crippen LogP contribution in [0.1, 0.15) is 29.8 Å². The molecule has 0 saturated heterocycles. The maximum Gasteiger partial charge on any atom is 0.336 e. The Morgan fingerprint density at radius 2 is 2.19 bits per heavy atom. The molecular weight excluding hydrogens is 274 g/mol. The number of ketones is 1. The maximum absolute atomic E-state index is 11.8. The van der Waals surface area contributed by atoms with Crippen molar-refractivity contribution in [2.75, 3.05) is 18.9 Å². The van der Waals surface area contributed by atoms with Crippen LogP contribution >= 0.6 is 0 Å². The molecule has 0 radical (unpaired) electrons. The molecule has 6 heteroatoms. The minimum absolute atomic E-state index is 0.0122. The van der Waals surface area contributed by atoms with Gasteiger partial charge in [-0.1, -0.05) is 6.07 Å². The minimum Gasteiger partial charge on any atom is -0.463 e. The van der Waals surface area contributed by atoms with Gasteiger partial charge in [-0.05, 0) is 25.5 Å². The number of benzene rings is 1. The Balaban J connectivity index is 2.22. The van der Waals surface area contributed by atoms with Crippen molar-refractivity contribution in [3.05, 3.63) is 35.1 Å². The Bertz CT molecular complexity index is 606. The van der Waals surface area contributed by atoms with Crippen LogP contribution in [0.3, 0.4) is 0 Å². The van der Waals surface area contributed by atoms with E-state index in [1.807, 2.05) is 0 Å². The lowest BCUT2D eigenvalue weighted by Crippen LogP contribution is -2.20. The van der Waals surface area contributed by atoms with E-state index in [1.165, 1.54) is 6.26 Å². The van der Waals surface area contributed by atoms with Crippen molar-refractivity contribution in [2.45, 2.75) is 20.5 Å². The monoisotopic (exact) mass is 291 g/mol. The largest absolute Gasteiger partial charge is 0.463 e. The molecule has 21 heavy (non-hydrogen) atoms. The molecule has 1 aromatic rings. The van der Waals surface area contributed by atoms with Crippen LogP contribution in [0.25, 0.3) is 0 Å². The first-order chi connectivity index (χ1) is 10.0. The summed E-state index contributed by atoms with van der Waals surface area (Å²) in [5, 5.41) is 0. The van der Waals surface area contributed by atoms with E-state index in [0.29, 0.717) is 30.1 Å². The van der Waals surface area contributed by atoms with Gasteiger partial charge in [0.15, 0.2) is 5.78 Å². The summed E-state index contributed by atoms with van der Waals surface area (Å²) in [7, 11) is 0. The number of carbonyl (C=O) groups excluding carboxylic acids is 2. The molecule has 1 heterocycles. The highest BCUT2D eigenvalue weighted by molar-refractivity contribution is 6.04. The average molecular weight is 291 g/mol. The maximum atomic E-state index is 11.8. The first-order valence-electron chi connectivity index (χ1n) is 6.57. The lowest BCUT2D eigenvalue weighted by atomic mass is 10.00. The number of carbonyl (C=O) groups is 2. The average Bonchev–Trinajstić information content (AvgIpc) is 2.46. The van der Waals surface area contributed by atoms with Crippen LogP contribution < -0.4 is 10.5 Å². The standard InChI is InChI=1S/C15H17NO5/c1-3-20-15(18)9(2)6-21-12-5-4-10-7-19-8-11(17)13(10)14(12)16/h4-6H,3,7-8,16H2,1-2H3. The molecule has 1 aliphatic heterocycles. The number of nitrogens with two attached hydrogens (primary N) is 1. The van der Waals surface area contributed by atoms with Crippen molar-refractivity contribution < 1.29 is 23.8 Å². The molecule has 2 rings (SSSR count). The van der Waals surface area contributed by atoms with Gasteiger partial charge >= 0.3 is 5.97 Å². The van der Waals surface area contributed by atoms with E-state index in [9.17, 15) is 9.59 Å². The first-order valence-corrected chi connectivity index (χ1v) is 6.57. The van der Waals surface area contributed by atoms with Crippen LogP contribution in [0.4, 0.5) is 5.69 Å². The third kappa shape index (κ3) is 3.22. The molecule has 0 aromatic heterocycles. The number of hydrogen-bond donors (Lipinski definition) is 1. The molecule has 6 nitrogen and oxygen atoms in total. The summed E-state index contributed by atoms with van der Waals surface area (Å²) < 4.78 is 15.4. The van der Waals surface area contributed by atoms with Crippen LogP contribution in [-0.2, 0) is 20.9 Å². The fourth-order valence-corrected chi connectivity index (χ4v) is 1.97. The molecule has 0 unspecified atom stereocenters. The molecule has 0 amide bonds. The molecular formula is C15H17NO5. The van der Waals surface area contributed by atoms with E-state index in [-0.39, 0.29) is 18.1 Å². The normalized spacial score (nSPS) is 14.6. The highest BCUT2D eigenvalue weighted by Gasteiger charge is 2.22. The van der Waals surface area contributed by atoms with Gasteiger partial charge < -0.3 is 19.9 Å². The summed E-state index contributed by atoms with van der Waals surface area (Å²) in [5.41, 5.74) is 7.71. The number of fused-ring (bicyclic) bond motifs is 1. The number of ether oxygens (including phenoxy) is 3. The topological polar surface area (TPSA) is 87.9 Å². The molecule has 0 aliphatic carbocycles. The summed E-state index contributed by atoms with van der Waals surface area (Å²) in [6, 6.07) is 3.37. The van der Waals surface area contributed by atoms with Gasteiger partial charge in [-0.3, -0.25) is 4.79 Å². The van der Waals surface area contributed by atoms with Crippen LogP contribution in [0.5, 0.6) is 5.75 Å². The molecule has 0 spiro atoms. The molecule has 0 bridgehead atoms. The second-order valence-corrected chi connectivity index (χ2v) is 4.57. The van der Waals surface area contributed by atoms with E-state index in [2.05, 4.69) is 0 Å². The summed E-state index contributed by atoms with van der Waals surface area (Å²) in [6.45, 7) is 3.95. The quantitative estimate of drug-likeness (QED) is 0.394. The lowest BCUT2D eigenvalue weighted by molar-refractivity contribution is -0.138. The zero-order valence-corrected chi connectivity index (χ0v) is 12.0. The van der Waals surface area contributed by atoms with Crippen LogP contribution in [0.2, 0.25) is 0 Å². The second kappa shape index (κ2) is 6.41. The smallest absolute Gasteiger partial charge is 0.336 e. The zero-order valence-electron chi connectivity index (χ0n) is 12.0. The summed E-state index contributed by atoms with van der Waals surface area (Å²) in [6.07, 6.45) is 1.26. The van der Waals surface area contributed by atoms with Crippen molar-refractivity contribution in [1.82, 2.24) is 0 Å². The van der Waals surface area contributed by atoms with Crippen molar-refractivity contribution in [3.63, 3.8) is 0 Å². The van der Waals surface area contributed by atoms with Gasteiger partial charge in [0.05, 0.1) is 30.0 Å². The molecule has 2 N–H and O–H groups in total. The molecule has 1 aromatic carbocycles. The number of Topliss-reactive ketones (excluding diaryl/α,β-unsaturated/α-hetero) is 1. The van der Waals surface area contributed by atoms with Crippen LogP contribution in [0.15, 0.2) is 24.0 Å². The van der Waals surface area contributed by atoms with Gasteiger partial charge in [0.25, 0.3) is 0 Å². The fourth-order valence-electron chi connectivity index (χ4n) is 1.97. The van der Waals surface area contributed by atoms with E-state index in [0.717, 1.165) is 5.56 Å². The van der Waals surface area contributed by atoms with Crippen LogP contribution in [0, 0.1) is 0 Å². The van der Waals surface area contributed by atoms with Crippen molar-refractivity contribution in [3.8, 4) is 5.75 Å². The van der Waals surface area contributed by atoms with Gasteiger partial charge in [-0.15, -0.1) is 0 Å². The van der Waals surface area contributed by atoms with Crippen molar-refractivity contribution in [1.29, 1.82) is 0 Å². The van der Waals surface area contributed by atoms with E-state index >= 15 is 0 Å². The molecule has 0 atom stereocenters. The highest BCUT2D eigenvalue weighted by atomic mass is 16.5. The van der Waals surface area contributed by atoms with Gasteiger partial charge in [-0.2, -0.15) is 0 Å². The van der Waals surface area contributed by atoms with Gasteiger partial charge in [0.1, 0.15) is 18.6 Å². The lowest BCUT2D eigenvalue weighted by Gasteiger charge is -2.18. The summed E-state index contributed by atoms with van der Waals surface area (Å²) in [5.74, 6) is -0.309. The minimum atomic E-state index is -0.460. The SMILES string of the molecule is CCOC(=O)C(C)=COc1ccc2c(c1N)C(=O)COC2. The molecule has 112 valence electrons. The Kier molecular flexibility index (Phi) is 4.59. The van der Waals surface area contributed by atoms with Gasteiger partial charge in [0.2, 0.25) is 0 Å². The predicted molar refractivity (Wildman–Crippen MR) is 75.9 cm³/mol. The summed E-state index contributed by atoms with van der Waals surface area (Å²) in [4.78, 5) is 23.3. The third-order valence-electron chi connectivity index (χ3n) is 3.02. The number of esters is 1. The Labute approximate surface area is 122 Å². The number of hydrogen-bond acceptors (Lipinski definition) is 6. The Morgan fingerprint density at radius 1 is 1.43 bits per heavy atom. The van der Waals surface area contributed by atoms with Crippen LogP contribution in [-0.4, -0.2) is 25.0 Å². The molecule has 0 fully saturated rings. The fraction of sp³-hybridized carbons (Fsp3) is 0.333. The number of nitrogen functional groups attached to an aromatic ring is 1. The predicted octanol–water partition coefficient (Wildman–Crippen LogP) is 1.83. The van der Waals surface area contributed by atoms with E-state index < -0.39 is 5.97 Å². The van der Waals surface area contributed by atoms with Crippen molar-refractivity contribution >= 4 is 17.4 Å². The highest BCUT2D eigenvalue weighted by Crippen LogP contribution is 2.31. The van der Waals surface area contributed by atoms with E-state index in [4.69, 9.17) is 19.9 Å². The number of anilines is 1. The molecule has 1 aliphatic rings. The summed E-state index contributed by atoms with van der Waals surface area (Å²) >= 11 is 0. The third-order valence-corrected chi connectivity index (χ3v) is 3.02. The van der Waals surface area contributed by atoms with Gasteiger partial charge in [-0.25, -0.2) is 4.79 Å². The van der Waals surface area contributed by atoms with Crippen molar-refractivity contribution in [2.24, 2.45) is 0 Å². The van der Waals surface area contributed by atoms with Gasteiger partial charge in [0, 0.05) is 0 Å².